The number of nitro benzene ring substituents is 1. The van der Waals surface area contributed by atoms with Crippen LogP contribution in [0.3, 0.4) is 0 Å². The summed E-state index contributed by atoms with van der Waals surface area (Å²) in [7, 11) is 0. The summed E-state index contributed by atoms with van der Waals surface area (Å²) >= 11 is 0. The molecular formula is C20H19N7O2. The van der Waals surface area contributed by atoms with Gasteiger partial charge >= 0.3 is 0 Å². The molecule has 146 valence electrons. The van der Waals surface area contributed by atoms with E-state index in [2.05, 4.69) is 14.9 Å². The van der Waals surface area contributed by atoms with Crippen molar-refractivity contribution in [2.75, 3.05) is 36.8 Å². The molecule has 2 aromatic carbocycles. The van der Waals surface area contributed by atoms with E-state index in [1.165, 1.54) is 12.1 Å². The van der Waals surface area contributed by atoms with Crippen LogP contribution in [-0.2, 0) is 6.54 Å². The van der Waals surface area contributed by atoms with Gasteiger partial charge in [-0.3, -0.25) is 15.0 Å². The predicted molar refractivity (Wildman–Crippen MR) is 109 cm³/mol. The molecule has 0 aliphatic carbocycles. The van der Waals surface area contributed by atoms with Crippen molar-refractivity contribution in [2.24, 2.45) is 0 Å². The maximum absolute atomic E-state index is 11.4. The first-order valence-corrected chi connectivity index (χ1v) is 9.22. The number of nitro groups is 1. The standard InChI is InChI=1S/C20H19N7O2/c21-12-14-5-6-17(27(28)29)18(11-14)26-9-7-25(8-10-26)13-19-23-16-4-2-1-3-15(16)20(22)24-19/h1-6,11H,7-10,13H2,(H2,22,23,24). The van der Waals surface area contributed by atoms with E-state index in [0.29, 0.717) is 55.6 Å². The number of anilines is 2. The number of nitrogens with zero attached hydrogens (tertiary/aromatic N) is 6. The molecule has 1 fully saturated rings. The van der Waals surface area contributed by atoms with Crippen LogP contribution in [-0.4, -0.2) is 46.0 Å². The predicted octanol–water partition coefficient (Wildman–Crippen LogP) is 2.31. The number of piperazine rings is 1. The molecule has 0 unspecified atom stereocenters. The number of rotatable bonds is 4. The average Bonchev–Trinajstić information content (AvgIpc) is 2.74. The fourth-order valence-corrected chi connectivity index (χ4v) is 3.57. The normalized spacial score (nSPS) is 14.7. The molecule has 1 aromatic heterocycles. The molecule has 1 saturated heterocycles. The van der Waals surface area contributed by atoms with E-state index in [9.17, 15) is 10.1 Å². The molecule has 0 spiro atoms. The summed E-state index contributed by atoms with van der Waals surface area (Å²) in [4.78, 5) is 24.1. The van der Waals surface area contributed by atoms with E-state index in [1.807, 2.05) is 35.2 Å². The van der Waals surface area contributed by atoms with Gasteiger partial charge in [0, 0.05) is 37.6 Å². The fourth-order valence-electron chi connectivity index (χ4n) is 3.57. The zero-order valence-corrected chi connectivity index (χ0v) is 15.7. The van der Waals surface area contributed by atoms with E-state index in [1.54, 1.807) is 6.07 Å². The third kappa shape index (κ3) is 3.79. The third-order valence-electron chi connectivity index (χ3n) is 5.06. The molecule has 3 aromatic rings. The van der Waals surface area contributed by atoms with Gasteiger partial charge in [0.25, 0.3) is 5.69 Å². The molecule has 4 rings (SSSR count). The number of hydrogen-bond donors (Lipinski definition) is 1. The summed E-state index contributed by atoms with van der Waals surface area (Å²) in [5.74, 6) is 1.13. The average molecular weight is 389 g/mol. The first-order valence-electron chi connectivity index (χ1n) is 9.22. The summed E-state index contributed by atoms with van der Waals surface area (Å²) in [5, 5.41) is 21.3. The van der Waals surface area contributed by atoms with Gasteiger partial charge in [0.15, 0.2) is 0 Å². The largest absolute Gasteiger partial charge is 0.383 e. The molecule has 0 atom stereocenters. The van der Waals surface area contributed by atoms with Gasteiger partial charge < -0.3 is 10.6 Å². The quantitative estimate of drug-likeness (QED) is 0.532. The summed E-state index contributed by atoms with van der Waals surface area (Å²) in [6.07, 6.45) is 0. The molecule has 0 radical (unpaired) electrons. The van der Waals surface area contributed by atoms with Crippen molar-refractivity contribution >= 4 is 28.1 Å². The van der Waals surface area contributed by atoms with E-state index >= 15 is 0 Å². The molecule has 9 nitrogen and oxygen atoms in total. The summed E-state index contributed by atoms with van der Waals surface area (Å²) in [6, 6.07) is 14.1. The molecular weight excluding hydrogens is 370 g/mol. The zero-order chi connectivity index (χ0) is 20.4. The first kappa shape index (κ1) is 18.6. The van der Waals surface area contributed by atoms with Crippen LogP contribution in [0.5, 0.6) is 0 Å². The Kier molecular flexibility index (Phi) is 4.93. The van der Waals surface area contributed by atoms with Crippen molar-refractivity contribution in [3.8, 4) is 6.07 Å². The van der Waals surface area contributed by atoms with Crippen molar-refractivity contribution in [1.82, 2.24) is 14.9 Å². The second-order valence-corrected chi connectivity index (χ2v) is 6.88. The van der Waals surface area contributed by atoms with Gasteiger partial charge in [0.05, 0.1) is 28.6 Å². The van der Waals surface area contributed by atoms with Crippen LogP contribution in [0.15, 0.2) is 42.5 Å². The smallest absolute Gasteiger partial charge is 0.292 e. The van der Waals surface area contributed by atoms with E-state index in [4.69, 9.17) is 11.0 Å². The number of nitrogens with two attached hydrogens (primary N) is 1. The van der Waals surface area contributed by atoms with Gasteiger partial charge in [0.2, 0.25) is 0 Å². The van der Waals surface area contributed by atoms with Crippen molar-refractivity contribution in [1.29, 1.82) is 5.26 Å². The molecule has 2 N–H and O–H groups in total. The van der Waals surface area contributed by atoms with Crippen LogP contribution in [0.4, 0.5) is 17.2 Å². The van der Waals surface area contributed by atoms with Crippen molar-refractivity contribution < 1.29 is 4.92 Å². The van der Waals surface area contributed by atoms with Gasteiger partial charge in [-0.2, -0.15) is 5.26 Å². The maximum Gasteiger partial charge on any atom is 0.292 e. The van der Waals surface area contributed by atoms with E-state index in [-0.39, 0.29) is 5.69 Å². The highest BCUT2D eigenvalue weighted by atomic mass is 16.6. The minimum Gasteiger partial charge on any atom is -0.383 e. The number of fused-ring (bicyclic) bond motifs is 1. The van der Waals surface area contributed by atoms with Crippen LogP contribution in [0.25, 0.3) is 10.9 Å². The van der Waals surface area contributed by atoms with E-state index < -0.39 is 4.92 Å². The monoisotopic (exact) mass is 389 g/mol. The molecule has 1 aliphatic rings. The Balaban J connectivity index is 1.48. The van der Waals surface area contributed by atoms with Crippen molar-refractivity contribution in [2.45, 2.75) is 6.54 Å². The highest BCUT2D eigenvalue weighted by molar-refractivity contribution is 5.87. The maximum atomic E-state index is 11.4. The molecule has 1 aliphatic heterocycles. The van der Waals surface area contributed by atoms with Gasteiger partial charge in [-0.05, 0) is 24.3 Å². The lowest BCUT2D eigenvalue weighted by Crippen LogP contribution is -2.46. The Bertz CT molecular complexity index is 1120. The lowest BCUT2D eigenvalue weighted by molar-refractivity contribution is -0.384. The minimum absolute atomic E-state index is 0.0167. The van der Waals surface area contributed by atoms with Crippen LogP contribution in [0.2, 0.25) is 0 Å². The van der Waals surface area contributed by atoms with E-state index in [0.717, 1.165) is 10.9 Å². The number of aromatic nitrogens is 2. The van der Waals surface area contributed by atoms with Gasteiger partial charge in [-0.1, -0.05) is 12.1 Å². The summed E-state index contributed by atoms with van der Waals surface area (Å²) in [5.41, 5.74) is 7.79. The Morgan fingerprint density at radius 1 is 1.14 bits per heavy atom. The number of hydrogen-bond acceptors (Lipinski definition) is 8. The molecule has 29 heavy (non-hydrogen) atoms. The van der Waals surface area contributed by atoms with Crippen LogP contribution in [0.1, 0.15) is 11.4 Å². The second-order valence-electron chi connectivity index (χ2n) is 6.88. The molecule has 2 heterocycles. The highest BCUT2D eigenvalue weighted by Crippen LogP contribution is 2.30. The fraction of sp³-hybridized carbons (Fsp3) is 0.250. The van der Waals surface area contributed by atoms with Crippen molar-refractivity contribution in [3.05, 3.63) is 64.0 Å². The van der Waals surface area contributed by atoms with Gasteiger partial charge in [-0.25, -0.2) is 9.97 Å². The Morgan fingerprint density at radius 3 is 2.62 bits per heavy atom. The van der Waals surface area contributed by atoms with Crippen LogP contribution >= 0.6 is 0 Å². The van der Waals surface area contributed by atoms with Crippen LogP contribution in [0, 0.1) is 21.4 Å². The van der Waals surface area contributed by atoms with Crippen molar-refractivity contribution in [3.63, 3.8) is 0 Å². The number of para-hydroxylation sites is 1. The Hall–Kier alpha value is -3.77. The molecule has 0 saturated carbocycles. The molecule has 9 heteroatoms. The van der Waals surface area contributed by atoms with Gasteiger partial charge in [-0.15, -0.1) is 0 Å². The molecule has 0 bridgehead atoms. The number of nitriles is 1. The number of benzene rings is 2. The Morgan fingerprint density at radius 2 is 1.90 bits per heavy atom. The summed E-state index contributed by atoms with van der Waals surface area (Å²) < 4.78 is 0. The SMILES string of the molecule is N#Cc1ccc([N+](=O)[O-])c(N2CCN(Cc3nc(N)c4ccccc4n3)CC2)c1. The minimum atomic E-state index is -0.408. The third-order valence-corrected chi connectivity index (χ3v) is 5.06. The lowest BCUT2D eigenvalue weighted by Gasteiger charge is -2.35. The first-order chi connectivity index (χ1) is 14.0. The zero-order valence-electron chi connectivity index (χ0n) is 15.7. The topological polar surface area (TPSA) is 125 Å². The number of nitrogen functional groups attached to an aromatic ring is 1. The summed E-state index contributed by atoms with van der Waals surface area (Å²) in [6.45, 7) is 3.18. The van der Waals surface area contributed by atoms with Crippen LogP contribution < -0.4 is 10.6 Å². The van der Waals surface area contributed by atoms with Gasteiger partial charge in [0.1, 0.15) is 17.3 Å². The lowest BCUT2D eigenvalue weighted by atomic mass is 10.1. The molecule has 0 amide bonds. The Labute approximate surface area is 167 Å². The highest BCUT2D eigenvalue weighted by Gasteiger charge is 2.24. The second kappa shape index (κ2) is 7.69.